The number of phosphoric ester groups is 1. The lowest BCUT2D eigenvalue weighted by Gasteiger charge is -2.42. The van der Waals surface area contributed by atoms with Gasteiger partial charge in [0.25, 0.3) is 5.56 Å². The van der Waals surface area contributed by atoms with Crippen LogP contribution in [0.3, 0.4) is 0 Å². The highest BCUT2D eigenvalue weighted by atomic mass is 31.3. The van der Waals surface area contributed by atoms with Gasteiger partial charge in [-0.3, -0.25) is 28.2 Å². The van der Waals surface area contributed by atoms with Gasteiger partial charge < -0.3 is 50.1 Å². The van der Waals surface area contributed by atoms with Crippen molar-refractivity contribution in [2.45, 2.75) is 61.9 Å². The van der Waals surface area contributed by atoms with E-state index >= 15 is 0 Å². The number of aliphatic hydroxyl groups is 5. The summed E-state index contributed by atoms with van der Waals surface area (Å²) in [4.78, 5) is 56.8. The molecule has 2 aliphatic heterocycles. The second-order valence-electron chi connectivity index (χ2n) is 8.83. The van der Waals surface area contributed by atoms with Gasteiger partial charge in [-0.15, -0.1) is 0 Å². The van der Waals surface area contributed by atoms with E-state index in [1.165, 1.54) is 0 Å². The fraction of sp³-hybridized carbons (Fsp3) is 0.722. The number of nitrogens with one attached hydrogen (secondary N) is 2. The van der Waals surface area contributed by atoms with E-state index in [2.05, 4.69) is 14.2 Å². The molecule has 11 atom stereocenters. The highest BCUT2D eigenvalue weighted by Crippen LogP contribution is 2.60. The molecule has 0 saturated carbocycles. The Labute approximate surface area is 218 Å². The van der Waals surface area contributed by atoms with Gasteiger partial charge in [0.1, 0.15) is 36.6 Å². The Bertz CT molecular complexity index is 1240. The molecule has 3 rings (SSSR count). The first kappa shape index (κ1) is 31.7. The first-order valence-corrected chi connectivity index (χ1v) is 14.5. The zero-order valence-corrected chi connectivity index (χ0v) is 21.9. The Morgan fingerprint density at radius 2 is 1.69 bits per heavy atom. The zero-order valence-electron chi connectivity index (χ0n) is 20.1. The van der Waals surface area contributed by atoms with Gasteiger partial charge in [-0.25, -0.2) is 13.7 Å². The van der Waals surface area contributed by atoms with E-state index in [1.807, 2.05) is 4.98 Å². The molecular formula is C18H29N3O16P2. The van der Waals surface area contributed by atoms with Crippen molar-refractivity contribution in [3.05, 3.63) is 33.1 Å². The summed E-state index contributed by atoms with van der Waals surface area (Å²) in [5.74, 6) is -0.716. The monoisotopic (exact) mass is 605 g/mol. The number of aromatic nitrogens is 2. The van der Waals surface area contributed by atoms with Gasteiger partial charge in [0, 0.05) is 19.2 Å². The lowest BCUT2D eigenvalue weighted by atomic mass is 9.93. The van der Waals surface area contributed by atoms with Crippen LogP contribution in [0.1, 0.15) is 13.2 Å². The molecule has 0 bridgehead atoms. The number of amides is 1. The number of carbonyl (C=O) groups excluding carboxylic acids is 1. The van der Waals surface area contributed by atoms with Gasteiger partial charge in [0.05, 0.1) is 31.5 Å². The SMILES string of the molecule is CC(=O)N[C@@H]1[C@@H](O)[C@H](O)[C@@H](CO)O[C@@H]1CP(=O)(O)OP(=O)(O)OC[C@H]1O[C@@H](n2ccc(=O)[nH]c2=O)[C@H](O)[C@@H]1O. The van der Waals surface area contributed by atoms with Crippen molar-refractivity contribution >= 4 is 21.3 Å². The summed E-state index contributed by atoms with van der Waals surface area (Å²) in [6.07, 6.45) is -13.2. The van der Waals surface area contributed by atoms with E-state index in [0.29, 0.717) is 0 Å². The maximum Gasteiger partial charge on any atom is 0.479 e. The van der Waals surface area contributed by atoms with Crippen molar-refractivity contribution in [2.24, 2.45) is 0 Å². The number of hydrogen-bond acceptors (Lipinski definition) is 14. The van der Waals surface area contributed by atoms with Gasteiger partial charge in [0.15, 0.2) is 6.23 Å². The third-order valence-electron chi connectivity index (χ3n) is 5.90. The largest absolute Gasteiger partial charge is 0.479 e. The Kier molecular flexibility index (Phi) is 10.0. The molecule has 9 N–H and O–H groups in total. The van der Waals surface area contributed by atoms with Crippen molar-refractivity contribution < 1.29 is 67.6 Å². The molecule has 2 fully saturated rings. The van der Waals surface area contributed by atoms with Crippen LogP contribution < -0.4 is 16.6 Å². The first-order valence-electron chi connectivity index (χ1n) is 11.3. The van der Waals surface area contributed by atoms with Gasteiger partial charge in [0.2, 0.25) is 5.91 Å². The number of rotatable bonds is 10. The number of nitrogens with zero attached hydrogens (tertiary/aromatic N) is 1. The summed E-state index contributed by atoms with van der Waals surface area (Å²) in [7, 11) is -10.5. The van der Waals surface area contributed by atoms with E-state index in [0.717, 1.165) is 23.8 Å². The second-order valence-corrected chi connectivity index (χ2v) is 12.3. The molecule has 2 saturated heterocycles. The minimum atomic E-state index is -5.39. The summed E-state index contributed by atoms with van der Waals surface area (Å²) in [5, 5.41) is 52.3. The van der Waals surface area contributed by atoms with Crippen molar-refractivity contribution in [3.63, 3.8) is 0 Å². The van der Waals surface area contributed by atoms with E-state index in [-0.39, 0.29) is 0 Å². The Morgan fingerprint density at radius 3 is 2.28 bits per heavy atom. The van der Waals surface area contributed by atoms with Gasteiger partial charge >= 0.3 is 21.1 Å². The average molecular weight is 605 g/mol. The van der Waals surface area contributed by atoms with Crippen LogP contribution >= 0.6 is 15.4 Å². The molecule has 2 unspecified atom stereocenters. The molecule has 1 amide bonds. The topological polar surface area (TPSA) is 297 Å². The van der Waals surface area contributed by atoms with Gasteiger partial charge in [-0.1, -0.05) is 0 Å². The Morgan fingerprint density at radius 1 is 1.05 bits per heavy atom. The van der Waals surface area contributed by atoms with Crippen molar-refractivity contribution in [1.82, 2.24) is 14.9 Å². The molecule has 2 aliphatic rings. The first-order chi connectivity index (χ1) is 18.0. The van der Waals surface area contributed by atoms with Crippen LogP contribution in [0.15, 0.2) is 21.9 Å². The zero-order chi connectivity index (χ0) is 29.3. The molecule has 0 aromatic carbocycles. The third kappa shape index (κ3) is 7.68. The van der Waals surface area contributed by atoms with E-state index in [4.69, 9.17) is 9.47 Å². The molecule has 0 aliphatic carbocycles. The lowest BCUT2D eigenvalue weighted by Crippen LogP contribution is -2.64. The molecular weight excluding hydrogens is 576 g/mol. The molecule has 0 spiro atoms. The van der Waals surface area contributed by atoms with Crippen molar-refractivity contribution in [1.29, 1.82) is 0 Å². The Hall–Kier alpha value is -1.83. The molecule has 39 heavy (non-hydrogen) atoms. The van der Waals surface area contributed by atoms with E-state index < -0.39 is 107 Å². The van der Waals surface area contributed by atoms with Crippen LogP contribution in [-0.4, -0.2) is 119 Å². The van der Waals surface area contributed by atoms with Crippen LogP contribution in [0.2, 0.25) is 0 Å². The summed E-state index contributed by atoms with van der Waals surface area (Å²) >= 11 is 0. The maximum atomic E-state index is 12.7. The van der Waals surface area contributed by atoms with E-state index in [1.54, 1.807) is 0 Å². The maximum absolute atomic E-state index is 12.7. The fourth-order valence-corrected chi connectivity index (χ4v) is 6.95. The van der Waals surface area contributed by atoms with Crippen LogP contribution in [0.5, 0.6) is 0 Å². The molecule has 1 aromatic rings. The summed E-state index contributed by atoms with van der Waals surface area (Å²) in [5.41, 5.74) is -1.73. The summed E-state index contributed by atoms with van der Waals surface area (Å²) < 4.78 is 45.4. The van der Waals surface area contributed by atoms with Crippen molar-refractivity contribution in [3.8, 4) is 0 Å². The van der Waals surface area contributed by atoms with E-state index in [9.17, 15) is 58.8 Å². The number of aliphatic hydroxyl groups excluding tert-OH is 5. The standard InChI is InChI=1S/C18H29N3O16P2/c1-7(23)19-12-10(35-8(4-22)13(25)15(12)27)6-38(30,31)37-39(32,33)34-5-9-14(26)16(28)17(36-9)21-3-2-11(24)20-18(21)29/h2-3,8-10,12-17,22,25-28H,4-6H2,1H3,(H,19,23)(H,30,31)(H,32,33)(H,20,24,29)/t8-,9-,10-,12+,13-,14-,15-,16-,17-/m1/s1. The highest BCUT2D eigenvalue weighted by Gasteiger charge is 2.49. The number of carbonyl (C=O) groups is 1. The lowest BCUT2D eigenvalue weighted by molar-refractivity contribution is -0.190. The van der Waals surface area contributed by atoms with Crippen LogP contribution in [-0.2, 0) is 32.2 Å². The van der Waals surface area contributed by atoms with Crippen molar-refractivity contribution in [2.75, 3.05) is 19.4 Å². The minimum absolute atomic E-state index is 0.716. The van der Waals surface area contributed by atoms with Crippen LogP contribution in [0.25, 0.3) is 0 Å². The fourth-order valence-electron chi connectivity index (χ4n) is 4.10. The number of aromatic amines is 1. The average Bonchev–Trinajstić information content (AvgIpc) is 3.10. The van der Waals surface area contributed by atoms with Gasteiger partial charge in [-0.05, 0) is 0 Å². The summed E-state index contributed by atoms with van der Waals surface area (Å²) in [6.45, 7) is -0.748. The third-order valence-corrected chi connectivity index (χ3v) is 9.05. The Balaban J connectivity index is 1.66. The molecule has 222 valence electrons. The van der Waals surface area contributed by atoms with Crippen LogP contribution in [0.4, 0.5) is 0 Å². The minimum Gasteiger partial charge on any atom is -0.394 e. The number of phosphoric acid groups is 1. The molecule has 19 nitrogen and oxygen atoms in total. The van der Waals surface area contributed by atoms with Gasteiger partial charge in [-0.2, -0.15) is 0 Å². The molecule has 1 aromatic heterocycles. The number of H-pyrrole nitrogens is 1. The highest BCUT2D eigenvalue weighted by molar-refractivity contribution is 7.64. The van der Waals surface area contributed by atoms with Crippen LogP contribution in [0, 0.1) is 0 Å². The number of hydrogen-bond donors (Lipinski definition) is 9. The molecule has 21 heteroatoms. The normalized spacial score (nSPS) is 36.2. The molecule has 0 radical (unpaired) electrons. The molecule has 3 heterocycles. The number of ether oxygens (including phenoxy) is 2. The predicted molar refractivity (Wildman–Crippen MR) is 124 cm³/mol. The second kappa shape index (κ2) is 12.4. The predicted octanol–water partition coefficient (Wildman–Crippen LogP) is -4.54. The summed E-state index contributed by atoms with van der Waals surface area (Å²) in [6, 6.07) is -0.530. The quantitative estimate of drug-likeness (QED) is 0.113. The smallest absolute Gasteiger partial charge is 0.394 e.